The number of hydrogen-bond donors (Lipinski definition) is 3. The lowest BCUT2D eigenvalue weighted by Gasteiger charge is -2.30. The number of carbonyl (C=O) groups is 4. The fourth-order valence-electron chi connectivity index (χ4n) is 4.67. The molecule has 3 N–H and O–H groups in total. The van der Waals surface area contributed by atoms with Crippen molar-refractivity contribution < 1.29 is 29.0 Å². The molecule has 2 aromatic carbocycles. The number of hydrogen-bond acceptors (Lipinski definition) is 6. The Kier molecular flexibility index (Phi) is 11.5. The van der Waals surface area contributed by atoms with E-state index in [2.05, 4.69) is 10.6 Å². The van der Waals surface area contributed by atoms with Gasteiger partial charge < -0.3 is 30.3 Å². The maximum absolute atomic E-state index is 13.8. The number of ether oxygens (including phenoxy) is 1. The molecule has 1 aliphatic heterocycles. The first-order valence-corrected chi connectivity index (χ1v) is 13.8. The van der Waals surface area contributed by atoms with Crippen LogP contribution in [0.25, 0.3) is 0 Å². The number of fused-ring (bicyclic) bond motifs is 1. The van der Waals surface area contributed by atoms with Crippen LogP contribution < -0.4 is 15.4 Å². The normalized spacial score (nSPS) is 18.7. The number of amides is 4. The predicted molar refractivity (Wildman–Crippen MR) is 150 cm³/mol. The molecule has 3 rings (SSSR count). The number of benzene rings is 2. The van der Waals surface area contributed by atoms with Gasteiger partial charge in [-0.25, -0.2) is 0 Å². The molecule has 2 aromatic rings. The average Bonchev–Trinajstić information content (AvgIpc) is 2.93. The first kappa shape index (κ1) is 30.6. The minimum absolute atomic E-state index is 0.0152. The molecule has 0 aliphatic carbocycles. The Hall–Kier alpha value is -3.92. The molecule has 0 radical (unpaired) electrons. The molecule has 2 atom stereocenters. The molecule has 10 nitrogen and oxygen atoms in total. The number of nitrogens with zero attached hydrogens (tertiary/aromatic N) is 2. The molecule has 10 heteroatoms. The molecule has 216 valence electrons. The van der Waals surface area contributed by atoms with Gasteiger partial charge in [-0.3, -0.25) is 19.2 Å². The van der Waals surface area contributed by atoms with Crippen LogP contribution in [0.4, 0.5) is 0 Å². The Bertz CT molecular complexity index is 1160. The highest BCUT2D eigenvalue weighted by Gasteiger charge is 2.32. The van der Waals surface area contributed by atoms with E-state index in [0.717, 1.165) is 5.56 Å². The fraction of sp³-hybridized carbons (Fsp3) is 0.467. The minimum Gasteiger partial charge on any atom is -0.491 e. The van der Waals surface area contributed by atoms with Gasteiger partial charge in [0.05, 0.1) is 25.1 Å². The zero-order valence-corrected chi connectivity index (χ0v) is 23.5. The van der Waals surface area contributed by atoms with Gasteiger partial charge in [-0.1, -0.05) is 56.3 Å². The highest BCUT2D eigenvalue weighted by molar-refractivity contribution is 6.01. The Morgan fingerprint density at radius 1 is 1.07 bits per heavy atom. The summed E-state index contributed by atoms with van der Waals surface area (Å²) in [6.07, 6.45) is 0.0404. The van der Waals surface area contributed by atoms with Crippen molar-refractivity contribution in [1.82, 2.24) is 20.4 Å². The third-order valence-electron chi connectivity index (χ3n) is 6.68. The van der Waals surface area contributed by atoms with E-state index in [1.807, 2.05) is 51.1 Å². The molecular weight excluding hydrogens is 512 g/mol. The fourth-order valence-corrected chi connectivity index (χ4v) is 4.67. The Morgan fingerprint density at radius 2 is 1.77 bits per heavy atom. The summed E-state index contributed by atoms with van der Waals surface area (Å²) in [5, 5.41) is 15.2. The summed E-state index contributed by atoms with van der Waals surface area (Å²) in [7, 11) is 0. The van der Waals surface area contributed by atoms with E-state index < -0.39 is 29.8 Å². The van der Waals surface area contributed by atoms with Gasteiger partial charge in [0, 0.05) is 19.6 Å². The topological polar surface area (TPSA) is 128 Å². The van der Waals surface area contributed by atoms with Crippen molar-refractivity contribution in [2.45, 2.75) is 52.2 Å². The van der Waals surface area contributed by atoms with E-state index in [1.54, 1.807) is 29.2 Å². The van der Waals surface area contributed by atoms with Crippen LogP contribution >= 0.6 is 0 Å². The van der Waals surface area contributed by atoms with E-state index in [9.17, 15) is 24.3 Å². The van der Waals surface area contributed by atoms with E-state index in [4.69, 9.17) is 4.74 Å². The van der Waals surface area contributed by atoms with Crippen molar-refractivity contribution >= 4 is 23.6 Å². The largest absolute Gasteiger partial charge is 0.491 e. The molecule has 0 unspecified atom stereocenters. The molecule has 0 fully saturated rings. The summed E-state index contributed by atoms with van der Waals surface area (Å²) in [5.41, 5.74) is 1.04. The van der Waals surface area contributed by atoms with Crippen molar-refractivity contribution in [2.75, 3.05) is 32.8 Å². The number of likely N-dealkylation sites (N-methyl/N-ethyl adjacent to an activating group) is 1. The van der Waals surface area contributed by atoms with Gasteiger partial charge in [-0.15, -0.1) is 0 Å². The van der Waals surface area contributed by atoms with Gasteiger partial charge in [0.1, 0.15) is 24.4 Å². The molecule has 0 spiro atoms. The molecule has 4 amide bonds. The maximum Gasteiger partial charge on any atom is 0.255 e. The van der Waals surface area contributed by atoms with Gasteiger partial charge in [-0.2, -0.15) is 0 Å². The number of nitrogens with one attached hydrogen (secondary N) is 2. The Balaban J connectivity index is 1.97. The first-order valence-electron chi connectivity index (χ1n) is 13.8. The zero-order valence-electron chi connectivity index (χ0n) is 23.5. The van der Waals surface area contributed by atoms with E-state index in [0.29, 0.717) is 18.7 Å². The lowest BCUT2D eigenvalue weighted by molar-refractivity contribution is -0.139. The Morgan fingerprint density at radius 3 is 2.45 bits per heavy atom. The minimum atomic E-state index is -1.24. The van der Waals surface area contributed by atoms with Crippen molar-refractivity contribution in [1.29, 1.82) is 0 Å². The first-order chi connectivity index (χ1) is 19.2. The summed E-state index contributed by atoms with van der Waals surface area (Å²) >= 11 is 0. The van der Waals surface area contributed by atoms with Crippen LogP contribution in [-0.4, -0.2) is 83.5 Å². The predicted octanol–water partition coefficient (Wildman–Crippen LogP) is 1.97. The summed E-state index contributed by atoms with van der Waals surface area (Å²) < 4.78 is 5.91. The second-order valence-corrected chi connectivity index (χ2v) is 10.2. The molecule has 0 saturated carbocycles. The standard InChI is InChI=1S/C30H40N4O6/c1-4-33-15-17-40-26-13-9-8-12-23(26)28(37)32-25(19-27(36)31-24(29(33)38)18-21(2)3)30(39)34(14-16-35)20-22-10-6-5-7-11-22/h5-13,21,24-25,35H,4,14-20H2,1-3H3,(H,31,36)(H,32,37)/t24-,25-/m0/s1. The summed E-state index contributed by atoms with van der Waals surface area (Å²) in [4.78, 5) is 56.9. The number of aliphatic hydroxyl groups excluding tert-OH is 1. The molecule has 1 aliphatic rings. The smallest absolute Gasteiger partial charge is 0.255 e. The molecule has 0 saturated heterocycles. The van der Waals surface area contributed by atoms with Gasteiger partial charge in [0.25, 0.3) is 5.91 Å². The maximum atomic E-state index is 13.8. The Labute approximate surface area is 235 Å². The van der Waals surface area contributed by atoms with E-state index >= 15 is 0 Å². The molecule has 0 bridgehead atoms. The van der Waals surface area contributed by atoms with Gasteiger partial charge in [0.2, 0.25) is 17.7 Å². The molecular formula is C30H40N4O6. The number of para-hydroxylation sites is 1. The number of rotatable bonds is 8. The van der Waals surface area contributed by atoms with Crippen molar-refractivity contribution in [3.05, 3.63) is 65.7 Å². The van der Waals surface area contributed by atoms with Gasteiger partial charge >= 0.3 is 0 Å². The highest BCUT2D eigenvalue weighted by atomic mass is 16.5. The lowest BCUT2D eigenvalue weighted by atomic mass is 10.0. The van der Waals surface area contributed by atoms with Crippen LogP contribution in [0.15, 0.2) is 54.6 Å². The summed E-state index contributed by atoms with van der Waals surface area (Å²) in [6, 6.07) is 13.9. The molecule has 0 aromatic heterocycles. The van der Waals surface area contributed by atoms with Crippen molar-refractivity contribution in [3.8, 4) is 5.75 Å². The van der Waals surface area contributed by atoms with Crippen LogP contribution in [0.2, 0.25) is 0 Å². The highest BCUT2D eigenvalue weighted by Crippen LogP contribution is 2.19. The van der Waals surface area contributed by atoms with Gasteiger partial charge in [-0.05, 0) is 37.0 Å². The van der Waals surface area contributed by atoms with Gasteiger partial charge in [0.15, 0.2) is 0 Å². The average molecular weight is 553 g/mol. The second-order valence-electron chi connectivity index (χ2n) is 10.2. The number of aliphatic hydroxyl groups is 1. The van der Waals surface area contributed by atoms with Crippen LogP contribution in [-0.2, 0) is 20.9 Å². The second kappa shape index (κ2) is 15.0. The molecule has 40 heavy (non-hydrogen) atoms. The van der Waals surface area contributed by atoms with Crippen LogP contribution in [0.3, 0.4) is 0 Å². The van der Waals surface area contributed by atoms with Crippen molar-refractivity contribution in [2.24, 2.45) is 5.92 Å². The molecule has 1 heterocycles. The van der Waals surface area contributed by atoms with E-state index in [1.165, 1.54) is 4.90 Å². The third kappa shape index (κ3) is 8.54. The quantitative estimate of drug-likeness (QED) is 0.460. The monoisotopic (exact) mass is 552 g/mol. The zero-order chi connectivity index (χ0) is 29.1. The SMILES string of the molecule is CCN1CCOc2ccccc2C(=O)N[C@H](C(=O)N(CCO)Cc2ccccc2)CC(=O)N[C@@H](CC(C)C)C1=O. The van der Waals surface area contributed by atoms with Crippen LogP contribution in [0.1, 0.15) is 49.5 Å². The summed E-state index contributed by atoms with van der Waals surface area (Å²) in [5.74, 6) is -1.40. The third-order valence-corrected chi connectivity index (χ3v) is 6.68. The van der Waals surface area contributed by atoms with Crippen molar-refractivity contribution in [3.63, 3.8) is 0 Å². The van der Waals surface area contributed by atoms with Crippen LogP contribution in [0, 0.1) is 5.92 Å². The van der Waals surface area contributed by atoms with E-state index in [-0.39, 0.29) is 56.7 Å². The lowest BCUT2D eigenvalue weighted by Crippen LogP contribution is -2.54. The number of carbonyl (C=O) groups excluding carboxylic acids is 4. The van der Waals surface area contributed by atoms with Crippen LogP contribution in [0.5, 0.6) is 5.75 Å². The summed E-state index contributed by atoms with van der Waals surface area (Å²) in [6.45, 7) is 6.55.